The van der Waals surface area contributed by atoms with Crippen LogP contribution in [0.25, 0.3) is 0 Å². The van der Waals surface area contributed by atoms with Gasteiger partial charge in [0.05, 0.1) is 0 Å². The Morgan fingerprint density at radius 1 is 1.35 bits per heavy atom. The Kier molecular flexibility index (Phi) is 6.43. The van der Waals surface area contributed by atoms with Crippen molar-refractivity contribution in [1.82, 2.24) is 9.80 Å². The van der Waals surface area contributed by atoms with Gasteiger partial charge in [0.1, 0.15) is 6.10 Å². The Hall–Kier alpha value is -1.30. The molecule has 5 nitrogen and oxygen atoms in total. The van der Waals surface area contributed by atoms with Gasteiger partial charge in [0.15, 0.2) is 0 Å². The van der Waals surface area contributed by atoms with Crippen LogP contribution in [0, 0.1) is 6.92 Å². The molecule has 1 aromatic carbocycles. The average molecular weight is 380 g/mol. The third-order valence-corrected chi connectivity index (χ3v) is 5.81. The second kappa shape index (κ2) is 8.59. The summed E-state index contributed by atoms with van der Waals surface area (Å²) in [7, 11) is 1.92. The Morgan fingerprint density at radius 2 is 2.15 bits per heavy atom. The fourth-order valence-corrected chi connectivity index (χ4v) is 4.27. The van der Waals surface area contributed by atoms with Gasteiger partial charge in [-0.15, -0.1) is 0 Å². The van der Waals surface area contributed by atoms with Gasteiger partial charge in [0, 0.05) is 56.6 Å². The maximum atomic E-state index is 12.8. The monoisotopic (exact) mass is 379 g/mol. The van der Waals surface area contributed by atoms with Gasteiger partial charge >= 0.3 is 0 Å². The number of anilines is 1. The van der Waals surface area contributed by atoms with Crippen LogP contribution in [0.15, 0.2) is 12.1 Å². The maximum Gasteiger partial charge on any atom is 0.252 e. The average Bonchev–Trinajstić information content (AvgIpc) is 2.64. The lowest BCUT2D eigenvalue weighted by Crippen LogP contribution is -2.56. The van der Waals surface area contributed by atoms with Crippen LogP contribution in [0.2, 0.25) is 5.02 Å². The largest absolute Gasteiger partial charge is 0.388 e. The van der Waals surface area contributed by atoms with Crippen molar-refractivity contribution < 1.29 is 9.53 Å². The first-order valence-corrected chi connectivity index (χ1v) is 9.98. The number of nitrogens with zero attached hydrogens (tertiary/aromatic N) is 2. The summed E-state index contributed by atoms with van der Waals surface area (Å²) in [6.07, 6.45) is 2.79. The first-order chi connectivity index (χ1) is 12.5. The number of ether oxygens (including phenoxy) is 1. The summed E-state index contributed by atoms with van der Waals surface area (Å²) in [6, 6.07) is 4.21. The quantitative estimate of drug-likeness (QED) is 0.871. The topological polar surface area (TPSA) is 44.8 Å². The van der Waals surface area contributed by atoms with Crippen molar-refractivity contribution in [1.29, 1.82) is 0 Å². The van der Waals surface area contributed by atoms with Gasteiger partial charge in [-0.2, -0.15) is 0 Å². The number of benzene rings is 1. The molecule has 2 saturated heterocycles. The summed E-state index contributed by atoms with van der Waals surface area (Å²) < 4.78 is 5.69. The van der Waals surface area contributed by atoms with Crippen molar-refractivity contribution in [2.75, 3.05) is 38.6 Å². The first kappa shape index (κ1) is 19.5. The molecule has 144 valence electrons. The molecule has 0 spiro atoms. The molecule has 0 radical (unpaired) electrons. The molecule has 6 heteroatoms. The second-order valence-corrected chi connectivity index (χ2v) is 7.89. The SMILES string of the molecule is CNc1cc(Cl)cc(CN2CCN(C(=O)C3CCCCO3)[C@@H](C)C2)c1C. The lowest BCUT2D eigenvalue weighted by atomic mass is 10.0. The zero-order valence-electron chi connectivity index (χ0n) is 16.1. The molecular weight excluding hydrogens is 350 g/mol. The molecule has 0 bridgehead atoms. The van der Waals surface area contributed by atoms with Gasteiger partial charge < -0.3 is 15.0 Å². The molecule has 0 aliphatic carbocycles. The first-order valence-electron chi connectivity index (χ1n) is 9.60. The number of halogens is 1. The molecule has 2 aliphatic rings. The number of nitrogens with one attached hydrogen (secondary N) is 1. The smallest absolute Gasteiger partial charge is 0.252 e. The lowest BCUT2D eigenvalue weighted by molar-refractivity contribution is -0.151. The van der Waals surface area contributed by atoms with Crippen LogP contribution in [0.5, 0.6) is 0 Å². The van der Waals surface area contributed by atoms with Gasteiger partial charge in [-0.25, -0.2) is 0 Å². The Balaban J connectivity index is 1.62. The highest BCUT2D eigenvalue weighted by atomic mass is 35.5. The number of amides is 1. The van der Waals surface area contributed by atoms with E-state index in [9.17, 15) is 4.79 Å². The highest BCUT2D eigenvalue weighted by molar-refractivity contribution is 6.31. The van der Waals surface area contributed by atoms with E-state index >= 15 is 0 Å². The summed E-state index contributed by atoms with van der Waals surface area (Å²) in [5.74, 6) is 0.174. The molecule has 2 aliphatic heterocycles. The summed E-state index contributed by atoms with van der Waals surface area (Å²) in [6.45, 7) is 8.35. The van der Waals surface area contributed by atoms with E-state index in [4.69, 9.17) is 16.3 Å². The molecule has 2 fully saturated rings. The van der Waals surface area contributed by atoms with Crippen LogP contribution in [0.3, 0.4) is 0 Å². The number of rotatable bonds is 4. The third-order valence-electron chi connectivity index (χ3n) is 5.59. The fraction of sp³-hybridized carbons (Fsp3) is 0.650. The summed E-state index contributed by atoms with van der Waals surface area (Å²) in [4.78, 5) is 17.2. The lowest BCUT2D eigenvalue weighted by Gasteiger charge is -2.41. The van der Waals surface area contributed by atoms with E-state index in [1.165, 1.54) is 11.1 Å². The molecule has 3 rings (SSSR count). The van der Waals surface area contributed by atoms with Crippen LogP contribution in [0.4, 0.5) is 5.69 Å². The zero-order valence-corrected chi connectivity index (χ0v) is 16.8. The van der Waals surface area contributed by atoms with Crippen molar-refractivity contribution in [2.45, 2.75) is 51.8 Å². The molecular formula is C20H30ClN3O2. The number of hydrogen-bond donors (Lipinski definition) is 1. The van der Waals surface area contributed by atoms with Crippen LogP contribution in [-0.4, -0.2) is 61.1 Å². The zero-order chi connectivity index (χ0) is 18.7. The van der Waals surface area contributed by atoms with Crippen molar-refractivity contribution >= 4 is 23.2 Å². The van der Waals surface area contributed by atoms with Crippen LogP contribution < -0.4 is 5.32 Å². The normalized spacial score (nSPS) is 24.5. The van der Waals surface area contributed by atoms with Crippen molar-refractivity contribution in [3.05, 3.63) is 28.3 Å². The summed E-state index contributed by atoms with van der Waals surface area (Å²) >= 11 is 6.27. The predicted molar refractivity (Wildman–Crippen MR) is 106 cm³/mol. The Morgan fingerprint density at radius 3 is 2.81 bits per heavy atom. The van der Waals surface area contributed by atoms with Crippen molar-refractivity contribution in [3.8, 4) is 0 Å². The highest BCUT2D eigenvalue weighted by Crippen LogP contribution is 2.26. The third kappa shape index (κ3) is 4.33. The number of hydrogen-bond acceptors (Lipinski definition) is 4. The molecule has 2 atom stereocenters. The minimum absolute atomic E-state index is 0.174. The Labute approximate surface area is 161 Å². The van der Waals surface area contributed by atoms with E-state index < -0.39 is 0 Å². The minimum Gasteiger partial charge on any atom is -0.388 e. The van der Waals surface area contributed by atoms with Crippen LogP contribution >= 0.6 is 11.6 Å². The number of piperazine rings is 1. The fourth-order valence-electron chi connectivity index (χ4n) is 4.02. The maximum absolute atomic E-state index is 12.8. The predicted octanol–water partition coefficient (Wildman–Crippen LogP) is 3.29. The van der Waals surface area contributed by atoms with Crippen LogP contribution in [0.1, 0.15) is 37.3 Å². The van der Waals surface area contributed by atoms with Crippen molar-refractivity contribution in [3.63, 3.8) is 0 Å². The Bertz CT molecular complexity index is 646. The van der Waals surface area contributed by atoms with Crippen molar-refractivity contribution in [2.24, 2.45) is 0 Å². The summed E-state index contributed by atoms with van der Waals surface area (Å²) in [5.41, 5.74) is 3.55. The highest BCUT2D eigenvalue weighted by Gasteiger charge is 2.33. The van der Waals surface area contributed by atoms with Gasteiger partial charge in [0.2, 0.25) is 0 Å². The van der Waals surface area contributed by atoms with E-state index in [0.717, 1.165) is 56.2 Å². The molecule has 1 amide bonds. The van der Waals surface area contributed by atoms with E-state index in [2.05, 4.69) is 30.1 Å². The molecule has 2 heterocycles. The van der Waals surface area contributed by atoms with Gasteiger partial charge in [-0.3, -0.25) is 9.69 Å². The van der Waals surface area contributed by atoms with E-state index in [1.807, 2.05) is 18.0 Å². The van der Waals surface area contributed by atoms with Gasteiger partial charge in [0.25, 0.3) is 5.91 Å². The number of carbonyl (C=O) groups is 1. The standard InChI is InChI=1S/C20H30ClN3O2/c1-14-12-23(13-16-10-17(21)11-18(22-3)15(16)2)7-8-24(14)20(25)19-6-4-5-9-26-19/h10-11,14,19,22H,4-9,12-13H2,1-3H3/t14-,19?/m0/s1. The summed E-state index contributed by atoms with van der Waals surface area (Å²) in [5, 5.41) is 3.97. The van der Waals surface area contributed by atoms with Gasteiger partial charge in [-0.05, 0) is 56.4 Å². The van der Waals surface area contributed by atoms with Crippen LogP contribution in [-0.2, 0) is 16.1 Å². The molecule has 0 aromatic heterocycles. The molecule has 0 saturated carbocycles. The molecule has 1 aromatic rings. The molecule has 1 N–H and O–H groups in total. The number of carbonyl (C=O) groups excluding carboxylic acids is 1. The molecule has 26 heavy (non-hydrogen) atoms. The van der Waals surface area contributed by atoms with E-state index in [-0.39, 0.29) is 18.1 Å². The van der Waals surface area contributed by atoms with Gasteiger partial charge in [-0.1, -0.05) is 11.6 Å². The van der Waals surface area contributed by atoms with E-state index in [1.54, 1.807) is 0 Å². The second-order valence-electron chi connectivity index (χ2n) is 7.46. The molecule has 1 unspecified atom stereocenters. The van der Waals surface area contributed by atoms with E-state index in [0.29, 0.717) is 6.61 Å². The minimum atomic E-state index is -0.230.